The van der Waals surface area contributed by atoms with Crippen molar-refractivity contribution in [3.05, 3.63) is 58.9 Å². The maximum Gasteiger partial charge on any atom is 0.157 e. The van der Waals surface area contributed by atoms with Gasteiger partial charge >= 0.3 is 0 Å². The molecule has 5 heteroatoms. The van der Waals surface area contributed by atoms with Crippen molar-refractivity contribution in [2.24, 2.45) is 0 Å². The first-order valence-corrected chi connectivity index (χ1v) is 5.87. The molecule has 3 aromatic rings. The summed E-state index contributed by atoms with van der Waals surface area (Å²) in [6.45, 7) is 0. The van der Waals surface area contributed by atoms with E-state index in [4.69, 9.17) is 11.6 Å². The van der Waals surface area contributed by atoms with Gasteiger partial charge in [0.25, 0.3) is 0 Å². The Bertz CT molecular complexity index is 814. The van der Waals surface area contributed by atoms with Gasteiger partial charge in [0, 0.05) is 24.0 Å². The summed E-state index contributed by atoms with van der Waals surface area (Å²) >= 11 is 6.21. The van der Waals surface area contributed by atoms with Crippen LogP contribution in [0.1, 0.15) is 11.3 Å². The van der Waals surface area contributed by atoms with Crippen LogP contribution in [-0.4, -0.2) is 15.0 Å². The van der Waals surface area contributed by atoms with Gasteiger partial charge in [0.05, 0.1) is 10.6 Å². The van der Waals surface area contributed by atoms with Crippen molar-refractivity contribution in [3.8, 4) is 11.8 Å². The fraction of sp³-hybridized carbons (Fsp3) is 0. The minimum Gasteiger partial charge on any atom is -0.346 e. The molecule has 3 rings (SSSR count). The van der Waals surface area contributed by atoms with Crippen LogP contribution in [0.2, 0.25) is 5.02 Å². The molecule has 3 aromatic heterocycles. The number of nitrogens with zero attached hydrogens (tertiary/aromatic N) is 2. The summed E-state index contributed by atoms with van der Waals surface area (Å²) in [5.74, 6) is 4.99. The number of H-pyrrole nitrogens is 1. The molecule has 0 bridgehead atoms. The van der Waals surface area contributed by atoms with E-state index in [0.29, 0.717) is 16.2 Å². The molecular formula is C14H7ClFN3. The van der Waals surface area contributed by atoms with Gasteiger partial charge in [-0.05, 0) is 24.1 Å². The first kappa shape index (κ1) is 11.7. The summed E-state index contributed by atoms with van der Waals surface area (Å²) in [7, 11) is 0. The molecule has 92 valence electrons. The molecule has 0 fully saturated rings. The topological polar surface area (TPSA) is 41.6 Å². The van der Waals surface area contributed by atoms with Crippen molar-refractivity contribution < 1.29 is 4.39 Å². The highest BCUT2D eigenvalue weighted by Crippen LogP contribution is 2.24. The molecule has 0 spiro atoms. The van der Waals surface area contributed by atoms with E-state index < -0.39 is 5.82 Å². The molecule has 3 heterocycles. The zero-order chi connectivity index (χ0) is 13.2. The molecule has 0 aliphatic heterocycles. The molecule has 0 aliphatic carbocycles. The molecule has 0 aliphatic rings. The summed E-state index contributed by atoms with van der Waals surface area (Å²) in [4.78, 5) is 11.0. The van der Waals surface area contributed by atoms with Gasteiger partial charge in [-0.2, -0.15) is 0 Å². The lowest BCUT2D eigenvalue weighted by molar-refractivity contribution is 0.617. The number of nitrogens with one attached hydrogen (secondary N) is 1. The van der Waals surface area contributed by atoms with Crippen LogP contribution in [0.5, 0.6) is 0 Å². The Morgan fingerprint density at radius 1 is 1.21 bits per heavy atom. The Hall–Kier alpha value is -2.38. The van der Waals surface area contributed by atoms with Crippen molar-refractivity contribution in [2.45, 2.75) is 0 Å². The largest absolute Gasteiger partial charge is 0.346 e. The lowest BCUT2D eigenvalue weighted by Gasteiger charge is -1.97. The molecular weight excluding hydrogens is 265 g/mol. The van der Waals surface area contributed by atoms with Gasteiger partial charge in [0.2, 0.25) is 0 Å². The summed E-state index contributed by atoms with van der Waals surface area (Å²) < 4.78 is 13.4. The third-order valence-electron chi connectivity index (χ3n) is 2.59. The van der Waals surface area contributed by atoms with Crippen LogP contribution >= 0.6 is 11.6 Å². The average Bonchev–Trinajstić information content (AvgIpc) is 2.89. The van der Waals surface area contributed by atoms with Crippen LogP contribution in [0.25, 0.3) is 11.0 Å². The zero-order valence-electron chi connectivity index (χ0n) is 9.61. The monoisotopic (exact) mass is 271 g/mol. The van der Waals surface area contributed by atoms with Gasteiger partial charge < -0.3 is 4.98 Å². The van der Waals surface area contributed by atoms with Crippen LogP contribution in [0.4, 0.5) is 4.39 Å². The van der Waals surface area contributed by atoms with E-state index in [1.165, 1.54) is 18.3 Å². The van der Waals surface area contributed by atoms with E-state index in [9.17, 15) is 4.39 Å². The van der Waals surface area contributed by atoms with Crippen molar-refractivity contribution in [2.75, 3.05) is 0 Å². The van der Waals surface area contributed by atoms with E-state index in [1.54, 1.807) is 12.4 Å². The number of fused-ring (bicyclic) bond motifs is 1. The average molecular weight is 272 g/mol. The van der Waals surface area contributed by atoms with Crippen molar-refractivity contribution in [1.29, 1.82) is 0 Å². The quantitative estimate of drug-likeness (QED) is 0.638. The van der Waals surface area contributed by atoms with E-state index in [-0.39, 0.29) is 5.69 Å². The van der Waals surface area contributed by atoms with Gasteiger partial charge in [0.15, 0.2) is 5.82 Å². The second kappa shape index (κ2) is 4.71. The Balaban J connectivity index is 2.07. The number of halogens is 2. The van der Waals surface area contributed by atoms with E-state index in [2.05, 4.69) is 26.8 Å². The molecule has 0 saturated carbocycles. The molecule has 0 saturated heterocycles. The summed E-state index contributed by atoms with van der Waals surface area (Å²) in [5.41, 5.74) is 1.33. The summed E-state index contributed by atoms with van der Waals surface area (Å²) in [6, 6.07) is 4.64. The molecule has 0 radical (unpaired) electrons. The minimum absolute atomic E-state index is 0.0905. The fourth-order valence-electron chi connectivity index (χ4n) is 1.67. The first-order chi connectivity index (χ1) is 9.25. The number of aromatic amines is 1. The second-order valence-corrected chi connectivity index (χ2v) is 4.19. The number of hydrogen-bond acceptors (Lipinski definition) is 2. The number of rotatable bonds is 0. The number of pyridine rings is 2. The molecule has 1 N–H and O–H groups in total. The number of aromatic nitrogens is 3. The van der Waals surface area contributed by atoms with Crippen molar-refractivity contribution in [3.63, 3.8) is 0 Å². The maximum atomic E-state index is 13.4. The van der Waals surface area contributed by atoms with Gasteiger partial charge in [-0.15, -0.1) is 0 Å². The molecule has 19 heavy (non-hydrogen) atoms. The molecule has 0 atom stereocenters. The standard InChI is InChI=1S/C14H7ClFN3/c15-13-9(8-19-14-10(13)5-7-18-14)3-4-12-11(16)2-1-6-17-12/h1-2,5-8H,(H,18,19). The first-order valence-electron chi connectivity index (χ1n) is 5.50. The maximum absolute atomic E-state index is 13.4. The smallest absolute Gasteiger partial charge is 0.157 e. The second-order valence-electron chi connectivity index (χ2n) is 3.81. The molecule has 0 amide bonds. The Kier molecular flexibility index (Phi) is 2.90. The van der Waals surface area contributed by atoms with Crippen LogP contribution in [0.15, 0.2) is 36.8 Å². The van der Waals surface area contributed by atoms with Gasteiger partial charge in [-0.1, -0.05) is 17.5 Å². The third-order valence-corrected chi connectivity index (χ3v) is 3.00. The minimum atomic E-state index is -0.457. The van der Waals surface area contributed by atoms with Crippen LogP contribution in [0.3, 0.4) is 0 Å². The van der Waals surface area contributed by atoms with Crippen LogP contribution < -0.4 is 0 Å². The summed E-state index contributed by atoms with van der Waals surface area (Å²) in [5, 5.41) is 1.28. The molecule has 3 nitrogen and oxygen atoms in total. The van der Waals surface area contributed by atoms with E-state index in [0.717, 1.165) is 5.39 Å². The highest BCUT2D eigenvalue weighted by molar-refractivity contribution is 6.36. The zero-order valence-corrected chi connectivity index (χ0v) is 10.4. The Morgan fingerprint density at radius 3 is 2.95 bits per heavy atom. The van der Waals surface area contributed by atoms with E-state index in [1.807, 2.05) is 6.07 Å². The highest BCUT2D eigenvalue weighted by atomic mass is 35.5. The predicted molar refractivity (Wildman–Crippen MR) is 71.3 cm³/mol. The van der Waals surface area contributed by atoms with Gasteiger partial charge in [-0.3, -0.25) is 0 Å². The van der Waals surface area contributed by atoms with Crippen LogP contribution in [-0.2, 0) is 0 Å². The van der Waals surface area contributed by atoms with Gasteiger partial charge in [0.1, 0.15) is 11.3 Å². The SMILES string of the molecule is Fc1cccnc1C#Cc1cnc2[nH]ccc2c1Cl. The summed E-state index contributed by atoms with van der Waals surface area (Å²) in [6.07, 6.45) is 4.79. The lowest BCUT2D eigenvalue weighted by atomic mass is 10.2. The predicted octanol–water partition coefficient (Wildman–Crippen LogP) is 3.15. The van der Waals surface area contributed by atoms with Gasteiger partial charge in [-0.25, -0.2) is 14.4 Å². The van der Waals surface area contributed by atoms with Crippen molar-refractivity contribution >= 4 is 22.6 Å². The van der Waals surface area contributed by atoms with Crippen molar-refractivity contribution in [1.82, 2.24) is 15.0 Å². The molecule has 0 unspecified atom stereocenters. The normalized spacial score (nSPS) is 10.2. The number of hydrogen-bond donors (Lipinski definition) is 1. The molecule has 0 aromatic carbocycles. The van der Waals surface area contributed by atoms with E-state index >= 15 is 0 Å². The van der Waals surface area contributed by atoms with Crippen LogP contribution in [0, 0.1) is 17.7 Å². The fourth-order valence-corrected chi connectivity index (χ4v) is 1.92. The lowest BCUT2D eigenvalue weighted by Crippen LogP contribution is -1.88. The highest BCUT2D eigenvalue weighted by Gasteiger charge is 2.05. The Morgan fingerprint density at radius 2 is 2.11 bits per heavy atom. The third kappa shape index (κ3) is 2.16. The Labute approximate surface area is 113 Å².